The highest BCUT2D eigenvalue weighted by Crippen LogP contribution is 2.09. The second-order valence-corrected chi connectivity index (χ2v) is 3.62. The van der Waals surface area contributed by atoms with Crippen LogP contribution in [0.15, 0.2) is 0 Å². The zero-order valence-electron chi connectivity index (χ0n) is 8.76. The molecule has 13 heavy (non-hydrogen) atoms. The Morgan fingerprint density at radius 2 is 1.77 bits per heavy atom. The molecule has 0 unspecified atom stereocenters. The van der Waals surface area contributed by atoms with Crippen LogP contribution < -0.4 is 0 Å². The summed E-state index contributed by atoms with van der Waals surface area (Å²) >= 11 is 0. The van der Waals surface area contributed by atoms with Gasteiger partial charge in [-0.15, -0.1) is 12.3 Å². The molecule has 0 aliphatic rings. The highest BCUT2D eigenvalue weighted by atomic mass is 16.3. The van der Waals surface area contributed by atoms with Crippen molar-refractivity contribution < 1.29 is 5.11 Å². The Kier molecular flexibility index (Phi) is 9.25. The number of terminal acetylenes is 1. The predicted molar refractivity (Wildman–Crippen MR) is 57.4 cm³/mol. The Labute approximate surface area is 82.5 Å². The third-order valence-electron chi connectivity index (χ3n) is 2.24. The van der Waals surface area contributed by atoms with Crippen LogP contribution in [0.4, 0.5) is 0 Å². The van der Waals surface area contributed by atoms with E-state index in [0.29, 0.717) is 6.42 Å². The van der Waals surface area contributed by atoms with Gasteiger partial charge in [0.15, 0.2) is 0 Å². The maximum Gasteiger partial charge on any atom is 0.0649 e. The predicted octanol–water partition coefficient (Wildman–Crippen LogP) is 3.12. The van der Waals surface area contributed by atoms with Crippen molar-refractivity contribution in [3.8, 4) is 12.3 Å². The number of hydrogen-bond donors (Lipinski definition) is 1. The summed E-state index contributed by atoms with van der Waals surface area (Å²) < 4.78 is 0. The summed E-state index contributed by atoms with van der Waals surface area (Å²) in [6, 6.07) is 0. The molecule has 76 valence electrons. The first-order valence-electron chi connectivity index (χ1n) is 5.42. The Balaban J connectivity index is 3.03. The standard InChI is InChI=1S/C12H22O/c1-3-5-6-7-8-9-11-12(13)10-4-2/h2,12-13H,3,5-11H2,1H3/t12-/m1/s1. The smallest absolute Gasteiger partial charge is 0.0649 e. The highest BCUT2D eigenvalue weighted by molar-refractivity contribution is 4.86. The molecule has 0 rings (SSSR count). The first kappa shape index (κ1) is 12.5. The van der Waals surface area contributed by atoms with E-state index in [0.717, 1.165) is 12.8 Å². The number of aliphatic hydroxyl groups excluding tert-OH is 1. The molecule has 1 atom stereocenters. The summed E-state index contributed by atoms with van der Waals surface area (Å²) in [5.74, 6) is 2.48. The average Bonchev–Trinajstić information content (AvgIpc) is 2.11. The van der Waals surface area contributed by atoms with E-state index in [9.17, 15) is 5.11 Å². The molecule has 1 heteroatoms. The van der Waals surface area contributed by atoms with Crippen molar-refractivity contribution in [2.75, 3.05) is 0 Å². The van der Waals surface area contributed by atoms with E-state index < -0.39 is 0 Å². The molecule has 0 amide bonds. The third kappa shape index (κ3) is 9.43. The summed E-state index contributed by atoms with van der Waals surface area (Å²) in [6.45, 7) is 2.22. The highest BCUT2D eigenvalue weighted by Gasteiger charge is 2.00. The van der Waals surface area contributed by atoms with Crippen LogP contribution in [0.25, 0.3) is 0 Å². The van der Waals surface area contributed by atoms with Crippen molar-refractivity contribution in [3.05, 3.63) is 0 Å². The van der Waals surface area contributed by atoms with Crippen molar-refractivity contribution in [1.82, 2.24) is 0 Å². The van der Waals surface area contributed by atoms with Gasteiger partial charge in [-0.1, -0.05) is 45.4 Å². The summed E-state index contributed by atoms with van der Waals surface area (Å²) in [4.78, 5) is 0. The monoisotopic (exact) mass is 182 g/mol. The third-order valence-corrected chi connectivity index (χ3v) is 2.24. The first-order valence-corrected chi connectivity index (χ1v) is 5.42. The van der Waals surface area contributed by atoms with Crippen LogP contribution in [0.5, 0.6) is 0 Å². The van der Waals surface area contributed by atoms with Gasteiger partial charge in [0, 0.05) is 6.42 Å². The van der Waals surface area contributed by atoms with Gasteiger partial charge in [-0.3, -0.25) is 0 Å². The molecule has 1 N–H and O–H groups in total. The van der Waals surface area contributed by atoms with Crippen LogP contribution in [0.1, 0.15) is 58.3 Å². The lowest BCUT2D eigenvalue weighted by Crippen LogP contribution is -2.04. The van der Waals surface area contributed by atoms with Crippen LogP contribution in [0, 0.1) is 12.3 Å². The topological polar surface area (TPSA) is 20.2 Å². The quantitative estimate of drug-likeness (QED) is 0.451. The van der Waals surface area contributed by atoms with Gasteiger partial charge in [0.1, 0.15) is 0 Å². The molecule has 0 fully saturated rings. The lowest BCUT2D eigenvalue weighted by atomic mass is 10.1. The molecule has 0 aromatic rings. The van der Waals surface area contributed by atoms with Crippen LogP contribution in [-0.4, -0.2) is 11.2 Å². The van der Waals surface area contributed by atoms with Crippen molar-refractivity contribution in [3.63, 3.8) is 0 Å². The van der Waals surface area contributed by atoms with E-state index in [1.165, 1.54) is 32.1 Å². The molecule has 0 aromatic carbocycles. The van der Waals surface area contributed by atoms with Gasteiger partial charge in [-0.2, -0.15) is 0 Å². The van der Waals surface area contributed by atoms with Crippen molar-refractivity contribution in [1.29, 1.82) is 0 Å². The van der Waals surface area contributed by atoms with Gasteiger partial charge in [-0.05, 0) is 6.42 Å². The zero-order valence-corrected chi connectivity index (χ0v) is 8.76. The number of hydrogen-bond acceptors (Lipinski definition) is 1. The number of rotatable bonds is 8. The molecule has 0 saturated carbocycles. The van der Waals surface area contributed by atoms with E-state index in [-0.39, 0.29) is 6.10 Å². The number of unbranched alkanes of at least 4 members (excludes halogenated alkanes) is 5. The molecule has 0 saturated heterocycles. The Hall–Kier alpha value is -0.480. The van der Waals surface area contributed by atoms with Crippen LogP contribution >= 0.6 is 0 Å². The molecule has 0 aliphatic carbocycles. The van der Waals surface area contributed by atoms with Gasteiger partial charge < -0.3 is 5.11 Å². The fourth-order valence-electron chi connectivity index (χ4n) is 1.40. The van der Waals surface area contributed by atoms with E-state index in [2.05, 4.69) is 12.8 Å². The lowest BCUT2D eigenvalue weighted by molar-refractivity contribution is 0.166. The molecule has 0 aliphatic heterocycles. The maximum atomic E-state index is 9.31. The Bertz CT molecular complexity index is 135. The van der Waals surface area contributed by atoms with Crippen LogP contribution in [0.2, 0.25) is 0 Å². The van der Waals surface area contributed by atoms with Crippen LogP contribution in [0.3, 0.4) is 0 Å². The van der Waals surface area contributed by atoms with Gasteiger partial charge >= 0.3 is 0 Å². The van der Waals surface area contributed by atoms with E-state index in [1.807, 2.05) is 0 Å². The lowest BCUT2D eigenvalue weighted by Gasteiger charge is -2.05. The summed E-state index contributed by atoms with van der Waals surface area (Å²) in [5, 5.41) is 9.31. The van der Waals surface area contributed by atoms with Crippen molar-refractivity contribution in [2.45, 2.75) is 64.4 Å². The van der Waals surface area contributed by atoms with Crippen molar-refractivity contribution >= 4 is 0 Å². The Morgan fingerprint density at radius 1 is 1.15 bits per heavy atom. The first-order chi connectivity index (χ1) is 6.31. The maximum absolute atomic E-state index is 9.31. The average molecular weight is 182 g/mol. The normalized spacial score (nSPS) is 12.4. The fraction of sp³-hybridized carbons (Fsp3) is 0.833. The van der Waals surface area contributed by atoms with E-state index in [1.54, 1.807) is 0 Å². The second kappa shape index (κ2) is 9.61. The molecular formula is C12H22O. The fourth-order valence-corrected chi connectivity index (χ4v) is 1.40. The molecule has 0 aromatic heterocycles. The minimum atomic E-state index is -0.267. The molecule has 0 radical (unpaired) electrons. The molecule has 0 heterocycles. The minimum absolute atomic E-state index is 0.267. The summed E-state index contributed by atoms with van der Waals surface area (Å²) in [6.07, 6.45) is 13.8. The minimum Gasteiger partial charge on any atom is -0.392 e. The van der Waals surface area contributed by atoms with Gasteiger partial charge in [-0.25, -0.2) is 0 Å². The molecule has 0 spiro atoms. The zero-order chi connectivity index (χ0) is 9.94. The second-order valence-electron chi connectivity index (χ2n) is 3.62. The SMILES string of the molecule is C#CC[C@@H](O)CCCCCCCC. The molecular weight excluding hydrogens is 160 g/mol. The Morgan fingerprint density at radius 3 is 2.38 bits per heavy atom. The summed E-state index contributed by atoms with van der Waals surface area (Å²) in [5.41, 5.74) is 0. The molecule has 1 nitrogen and oxygen atoms in total. The molecule has 0 bridgehead atoms. The number of aliphatic hydroxyl groups is 1. The summed E-state index contributed by atoms with van der Waals surface area (Å²) in [7, 11) is 0. The van der Waals surface area contributed by atoms with Crippen molar-refractivity contribution in [2.24, 2.45) is 0 Å². The van der Waals surface area contributed by atoms with Gasteiger partial charge in [0.25, 0.3) is 0 Å². The van der Waals surface area contributed by atoms with Gasteiger partial charge in [0.05, 0.1) is 6.10 Å². The van der Waals surface area contributed by atoms with Gasteiger partial charge in [0.2, 0.25) is 0 Å². The van der Waals surface area contributed by atoms with Crippen LogP contribution in [-0.2, 0) is 0 Å². The largest absolute Gasteiger partial charge is 0.392 e. The van der Waals surface area contributed by atoms with E-state index >= 15 is 0 Å². The van der Waals surface area contributed by atoms with E-state index in [4.69, 9.17) is 6.42 Å².